The number of halogens is 1. The molecule has 4 bridgehead atoms. The molecule has 5 rings (SSSR count). The second kappa shape index (κ2) is 14.1. The molecule has 3 fully saturated rings. The second-order valence-electron chi connectivity index (χ2n) is 12.4. The number of sulfonamides is 1. The van der Waals surface area contributed by atoms with Gasteiger partial charge >= 0.3 is 6.09 Å². The Bertz CT molecular complexity index is 1510. The largest absolute Gasteiger partial charge is 0.450 e. The van der Waals surface area contributed by atoms with E-state index in [1.807, 2.05) is 31.2 Å². The van der Waals surface area contributed by atoms with Crippen molar-refractivity contribution in [3.05, 3.63) is 53.1 Å². The van der Waals surface area contributed by atoms with E-state index in [0.717, 1.165) is 11.1 Å². The number of carbonyl (C=O) groups excluding carboxylic acids is 4. The number of hydrogen-bond acceptors (Lipinski definition) is 8. The fourth-order valence-electron chi connectivity index (χ4n) is 5.96. The molecule has 1 aromatic carbocycles. The molecule has 3 N–H and O–H groups in total. The summed E-state index contributed by atoms with van der Waals surface area (Å²) in [6, 6.07) is 3.55. The summed E-state index contributed by atoms with van der Waals surface area (Å²) in [5, 5.41) is 5.32. The van der Waals surface area contributed by atoms with E-state index in [9.17, 15) is 27.6 Å². The van der Waals surface area contributed by atoms with Crippen molar-refractivity contribution in [2.75, 3.05) is 13.2 Å². The molecule has 4 amide bonds. The van der Waals surface area contributed by atoms with Crippen LogP contribution in [0.25, 0.3) is 6.08 Å². The number of nitrogens with zero attached hydrogens (tertiary/aromatic N) is 1. The van der Waals surface area contributed by atoms with Gasteiger partial charge in [0.1, 0.15) is 17.6 Å². The van der Waals surface area contributed by atoms with Crippen LogP contribution in [0.1, 0.15) is 69.4 Å². The molecule has 12 nitrogen and oxygen atoms in total. The molecular weight excluding hydrogens is 636 g/mol. The van der Waals surface area contributed by atoms with Gasteiger partial charge in [-0.2, -0.15) is 0 Å². The molecule has 2 aliphatic carbocycles. The van der Waals surface area contributed by atoms with E-state index < -0.39 is 68.7 Å². The lowest BCUT2D eigenvalue weighted by Gasteiger charge is -2.29. The number of allylic oxidation sites excluding steroid dienone is 1. The van der Waals surface area contributed by atoms with Gasteiger partial charge in [-0.1, -0.05) is 49.2 Å². The smallest absolute Gasteiger partial charge is 0.407 e. The Labute approximate surface area is 274 Å². The first-order valence-electron chi connectivity index (χ1n) is 15.8. The summed E-state index contributed by atoms with van der Waals surface area (Å²) in [6.45, 7) is 5.95. The summed E-state index contributed by atoms with van der Waals surface area (Å²) < 4.78 is 38.8. The van der Waals surface area contributed by atoms with Crippen molar-refractivity contribution in [3.63, 3.8) is 0 Å². The summed E-state index contributed by atoms with van der Waals surface area (Å²) >= 11 is 6.47. The fraction of sp³-hybridized carbons (Fsp3) is 0.562. The Morgan fingerprint density at radius 3 is 2.74 bits per heavy atom. The topological polar surface area (TPSA) is 160 Å². The van der Waals surface area contributed by atoms with Crippen LogP contribution in [0.4, 0.5) is 4.79 Å². The van der Waals surface area contributed by atoms with Crippen molar-refractivity contribution in [2.45, 2.75) is 93.9 Å². The van der Waals surface area contributed by atoms with Crippen LogP contribution in [0.15, 0.2) is 36.9 Å². The van der Waals surface area contributed by atoms with Gasteiger partial charge < -0.3 is 25.0 Å². The van der Waals surface area contributed by atoms with Crippen LogP contribution in [0.3, 0.4) is 0 Å². The highest BCUT2D eigenvalue weighted by Gasteiger charge is 2.62. The molecule has 0 unspecified atom stereocenters. The Balaban J connectivity index is 1.40. The summed E-state index contributed by atoms with van der Waals surface area (Å²) in [5.41, 5.74) is 0.154. The fourth-order valence-corrected chi connectivity index (χ4v) is 7.50. The maximum atomic E-state index is 14.0. The van der Waals surface area contributed by atoms with E-state index in [0.29, 0.717) is 43.5 Å². The molecule has 2 aliphatic heterocycles. The van der Waals surface area contributed by atoms with Gasteiger partial charge in [-0.25, -0.2) is 13.2 Å². The minimum Gasteiger partial charge on any atom is -0.450 e. The predicted octanol–water partition coefficient (Wildman–Crippen LogP) is 3.20. The van der Waals surface area contributed by atoms with E-state index in [2.05, 4.69) is 21.9 Å². The summed E-state index contributed by atoms with van der Waals surface area (Å²) in [7, 11) is -3.86. The number of carbonyl (C=O) groups is 4. The van der Waals surface area contributed by atoms with Gasteiger partial charge in [-0.3, -0.25) is 19.1 Å². The monoisotopic (exact) mass is 676 g/mol. The van der Waals surface area contributed by atoms with Crippen LogP contribution in [0.5, 0.6) is 0 Å². The number of rotatable bonds is 8. The maximum Gasteiger partial charge on any atom is 0.407 e. The molecule has 2 heterocycles. The molecule has 250 valence electrons. The molecule has 0 spiro atoms. The molecule has 4 aliphatic rings. The van der Waals surface area contributed by atoms with Crippen LogP contribution in [0, 0.1) is 5.92 Å². The SMILES string of the molecule is C=C[C@H]1C[C@]1(NC(=O)[C@@H]1C[C@@H]2CN1C(=O)[C@H](CCC)NC(=O)OCCC/C=C/c1ccc(Cl)c(c1)CO2)C(=O)NS(=O)(=O)C1CC1. The van der Waals surface area contributed by atoms with Crippen LogP contribution in [-0.2, 0) is 40.5 Å². The first kappa shape index (κ1) is 33.9. The summed E-state index contributed by atoms with van der Waals surface area (Å²) in [5.74, 6) is -2.42. The van der Waals surface area contributed by atoms with Gasteiger partial charge in [0.2, 0.25) is 21.8 Å². The molecular formula is C32H41ClN4O8S. The van der Waals surface area contributed by atoms with E-state index in [-0.39, 0.29) is 32.6 Å². The van der Waals surface area contributed by atoms with Crippen molar-refractivity contribution in [1.29, 1.82) is 0 Å². The average molecular weight is 677 g/mol. The molecule has 14 heteroatoms. The van der Waals surface area contributed by atoms with Gasteiger partial charge in [0.05, 0.1) is 24.6 Å². The van der Waals surface area contributed by atoms with Crippen molar-refractivity contribution >= 4 is 51.5 Å². The van der Waals surface area contributed by atoms with Crippen molar-refractivity contribution < 1.29 is 37.1 Å². The highest BCUT2D eigenvalue weighted by atomic mass is 35.5. The Morgan fingerprint density at radius 1 is 1.26 bits per heavy atom. The highest BCUT2D eigenvalue weighted by molar-refractivity contribution is 7.91. The van der Waals surface area contributed by atoms with Gasteiger partial charge in [0, 0.05) is 23.9 Å². The number of alkyl carbamates (subject to hydrolysis) is 1. The van der Waals surface area contributed by atoms with Crippen molar-refractivity contribution in [1.82, 2.24) is 20.3 Å². The van der Waals surface area contributed by atoms with Crippen LogP contribution in [-0.4, -0.2) is 79.3 Å². The van der Waals surface area contributed by atoms with E-state index >= 15 is 0 Å². The zero-order valence-electron chi connectivity index (χ0n) is 25.8. The number of ether oxygens (including phenoxy) is 2. The summed E-state index contributed by atoms with van der Waals surface area (Å²) in [4.78, 5) is 55.2. The molecule has 0 aromatic heterocycles. The zero-order valence-corrected chi connectivity index (χ0v) is 27.4. The van der Waals surface area contributed by atoms with Gasteiger partial charge in [0.25, 0.3) is 5.91 Å². The lowest BCUT2D eigenvalue weighted by atomic mass is 10.1. The van der Waals surface area contributed by atoms with E-state index in [4.69, 9.17) is 21.1 Å². The number of hydrogen-bond donors (Lipinski definition) is 3. The lowest BCUT2D eigenvalue weighted by molar-refractivity contribution is -0.141. The van der Waals surface area contributed by atoms with Crippen molar-refractivity contribution in [2.24, 2.45) is 5.92 Å². The molecule has 5 atom stereocenters. The third-order valence-corrected chi connectivity index (χ3v) is 11.1. The first-order valence-corrected chi connectivity index (χ1v) is 17.7. The zero-order chi connectivity index (χ0) is 33.1. The normalized spacial score (nSPS) is 29.4. The van der Waals surface area contributed by atoms with E-state index in [1.165, 1.54) is 11.0 Å². The van der Waals surface area contributed by atoms with E-state index in [1.54, 1.807) is 6.07 Å². The quantitative estimate of drug-likeness (QED) is 0.354. The Kier molecular flexibility index (Phi) is 10.4. The molecule has 1 aromatic rings. The highest BCUT2D eigenvalue weighted by Crippen LogP contribution is 2.45. The van der Waals surface area contributed by atoms with Gasteiger partial charge in [-0.15, -0.1) is 6.58 Å². The number of benzene rings is 1. The average Bonchev–Trinajstić information content (AvgIpc) is 3.94. The number of nitrogens with one attached hydrogen (secondary N) is 3. The predicted molar refractivity (Wildman–Crippen MR) is 171 cm³/mol. The number of cyclic esters (lactones) is 1. The minimum absolute atomic E-state index is 0.0468. The van der Waals surface area contributed by atoms with Crippen LogP contribution in [0.2, 0.25) is 5.02 Å². The van der Waals surface area contributed by atoms with Crippen LogP contribution >= 0.6 is 11.6 Å². The maximum absolute atomic E-state index is 14.0. The number of fused-ring (bicyclic) bond motifs is 4. The molecule has 46 heavy (non-hydrogen) atoms. The minimum atomic E-state index is -3.86. The first-order chi connectivity index (χ1) is 22.0. The second-order valence-corrected chi connectivity index (χ2v) is 14.7. The Hall–Kier alpha value is -3.42. The standard InChI is InChI=1S/C32H41ClN4O8S/c1-3-8-26-29(39)37-18-23(45-19-21-15-20(10-13-25(21)33)9-6-5-7-14-44-31(41)34-26)16-27(37)28(38)35-32(17-22(32)4-2)30(40)36-46(42,43)24-11-12-24/h4,6,9-10,13,15,22-24,26-27H,2-3,5,7-8,11-12,14,16-19H2,1H3,(H,34,41)(H,35,38)(H,36,40)/b9-6+/t22-,23+,26-,27-,32+/m0/s1. The van der Waals surface area contributed by atoms with Crippen molar-refractivity contribution in [3.8, 4) is 0 Å². The number of amides is 4. The third-order valence-electron chi connectivity index (χ3n) is 8.87. The third kappa shape index (κ3) is 7.75. The molecule has 2 saturated carbocycles. The van der Waals surface area contributed by atoms with Gasteiger partial charge in [-0.05, 0) is 61.8 Å². The van der Waals surface area contributed by atoms with Gasteiger partial charge in [0.15, 0.2) is 0 Å². The van der Waals surface area contributed by atoms with Crippen LogP contribution < -0.4 is 15.4 Å². The molecule has 1 saturated heterocycles. The lowest BCUT2D eigenvalue weighted by Crippen LogP contribution is -2.58. The Morgan fingerprint density at radius 2 is 2.04 bits per heavy atom. The molecule has 0 radical (unpaired) electrons. The summed E-state index contributed by atoms with van der Waals surface area (Å²) in [6.07, 6.45) is 7.48.